The van der Waals surface area contributed by atoms with Crippen molar-refractivity contribution in [2.75, 3.05) is 5.32 Å². The highest BCUT2D eigenvalue weighted by Gasteiger charge is 2.16. The lowest BCUT2D eigenvalue weighted by Gasteiger charge is -2.10. The van der Waals surface area contributed by atoms with Gasteiger partial charge in [0.15, 0.2) is 5.69 Å². The van der Waals surface area contributed by atoms with Gasteiger partial charge in [0, 0.05) is 5.69 Å². The van der Waals surface area contributed by atoms with Crippen molar-refractivity contribution in [1.29, 1.82) is 0 Å². The average molecular weight is 256 g/mol. The minimum atomic E-state index is -0.248. The second-order valence-corrected chi connectivity index (χ2v) is 4.91. The SMILES string of the molecule is O=C(Nc1ccc(C2CCCC2)cc1)c1cn[nH]n1. The van der Waals surface area contributed by atoms with Crippen molar-refractivity contribution in [3.63, 3.8) is 0 Å². The number of nitrogens with one attached hydrogen (secondary N) is 2. The number of amides is 1. The van der Waals surface area contributed by atoms with Crippen LogP contribution in [0.25, 0.3) is 0 Å². The van der Waals surface area contributed by atoms with Crippen molar-refractivity contribution < 1.29 is 4.79 Å². The first-order valence-corrected chi connectivity index (χ1v) is 6.60. The molecule has 3 rings (SSSR count). The molecule has 1 aliphatic carbocycles. The van der Waals surface area contributed by atoms with Crippen LogP contribution in [0.5, 0.6) is 0 Å². The van der Waals surface area contributed by atoms with Gasteiger partial charge in [0.25, 0.3) is 5.91 Å². The average Bonchev–Trinajstić information content (AvgIpc) is 3.13. The van der Waals surface area contributed by atoms with Gasteiger partial charge < -0.3 is 5.32 Å². The van der Waals surface area contributed by atoms with Crippen molar-refractivity contribution in [2.24, 2.45) is 0 Å². The van der Waals surface area contributed by atoms with E-state index in [1.165, 1.54) is 37.4 Å². The molecule has 0 atom stereocenters. The fourth-order valence-electron chi connectivity index (χ4n) is 2.60. The highest BCUT2D eigenvalue weighted by atomic mass is 16.2. The fourth-order valence-corrected chi connectivity index (χ4v) is 2.60. The Morgan fingerprint density at radius 3 is 2.58 bits per heavy atom. The Kier molecular flexibility index (Phi) is 3.27. The maximum atomic E-state index is 11.8. The molecular formula is C14H16N4O. The van der Waals surface area contributed by atoms with E-state index < -0.39 is 0 Å². The smallest absolute Gasteiger partial charge is 0.277 e. The molecule has 0 bridgehead atoms. The first-order valence-electron chi connectivity index (χ1n) is 6.60. The van der Waals surface area contributed by atoms with Crippen molar-refractivity contribution in [3.05, 3.63) is 41.7 Å². The van der Waals surface area contributed by atoms with Crippen LogP contribution in [0.2, 0.25) is 0 Å². The molecule has 5 heteroatoms. The van der Waals surface area contributed by atoms with Gasteiger partial charge >= 0.3 is 0 Å². The molecule has 1 aromatic carbocycles. The quantitative estimate of drug-likeness (QED) is 0.887. The zero-order valence-electron chi connectivity index (χ0n) is 10.6. The van der Waals surface area contributed by atoms with Gasteiger partial charge in [-0.05, 0) is 36.5 Å². The van der Waals surface area contributed by atoms with Gasteiger partial charge in [0.05, 0.1) is 6.20 Å². The minimum absolute atomic E-state index is 0.248. The zero-order valence-corrected chi connectivity index (χ0v) is 10.6. The maximum absolute atomic E-state index is 11.8. The van der Waals surface area contributed by atoms with E-state index in [1.807, 2.05) is 12.1 Å². The van der Waals surface area contributed by atoms with Gasteiger partial charge in [0.2, 0.25) is 0 Å². The summed E-state index contributed by atoms with van der Waals surface area (Å²) in [7, 11) is 0. The molecule has 1 fully saturated rings. The van der Waals surface area contributed by atoms with Gasteiger partial charge in [-0.1, -0.05) is 25.0 Å². The number of H-pyrrole nitrogens is 1. The van der Waals surface area contributed by atoms with Gasteiger partial charge in [-0.25, -0.2) is 0 Å². The van der Waals surface area contributed by atoms with E-state index in [0.717, 1.165) is 5.69 Å². The maximum Gasteiger partial charge on any atom is 0.277 e. The van der Waals surface area contributed by atoms with E-state index in [0.29, 0.717) is 11.6 Å². The molecule has 1 heterocycles. The Morgan fingerprint density at radius 1 is 1.21 bits per heavy atom. The van der Waals surface area contributed by atoms with Crippen LogP contribution in [0.4, 0.5) is 5.69 Å². The van der Waals surface area contributed by atoms with E-state index >= 15 is 0 Å². The summed E-state index contributed by atoms with van der Waals surface area (Å²) in [5.74, 6) is 0.447. The van der Waals surface area contributed by atoms with E-state index in [2.05, 4.69) is 32.9 Å². The van der Waals surface area contributed by atoms with Crippen molar-refractivity contribution in [3.8, 4) is 0 Å². The summed E-state index contributed by atoms with van der Waals surface area (Å²) < 4.78 is 0. The molecule has 0 radical (unpaired) electrons. The third-order valence-corrected chi connectivity index (χ3v) is 3.64. The van der Waals surface area contributed by atoms with Crippen LogP contribution >= 0.6 is 0 Å². The molecule has 19 heavy (non-hydrogen) atoms. The second-order valence-electron chi connectivity index (χ2n) is 4.91. The molecule has 0 spiro atoms. The van der Waals surface area contributed by atoms with Crippen LogP contribution in [0.3, 0.4) is 0 Å². The molecule has 0 aliphatic heterocycles. The predicted molar refractivity (Wildman–Crippen MR) is 72.0 cm³/mol. The Balaban J connectivity index is 1.67. The fraction of sp³-hybridized carbons (Fsp3) is 0.357. The molecule has 1 aliphatic rings. The van der Waals surface area contributed by atoms with Crippen molar-refractivity contribution >= 4 is 11.6 Å². The molecule has 5 nitrogen and oxygen atoms in total. The van der Waals surface area contributed by atoms with Gasteiger partial charge in [-0.3, -0.25) is 4.79 Å². The lowest BCUT2D eigenvalue weighted by atomic mass is 9.98. The summed E-state index contributed by atoms with van der Waals surface area (Å²) in [6.45, 7) is 0. The number of aromatic amines is 1. The van der Waals surface area contributed by atoms with Gasteiger partial charge in [0.1, 0.15) is 0 Å². The standard InChI is InChI=1S/C14H16N4O/c19-14(13-9-15-18-17-13)16-12-7-5-11(6-8-12)10-3-1-2-4-10/h5-10H,1-4H2,(H,16,19)(H,15,17,18). The summed E-state index contributed by atoms with van der Waals surface area (Å²) in [6.07, 6.45) is 6.63. The minimum Gasteiger partial charge on any atom is -0.321 e. The summed E-state index contributed by atoms with van der Waals surface area (Å²) in [6, 6.07) is 8.11. The predicted octanol–water partition coefficient (Wildman–Crippen LogP) is 2.71. The van der Waals surface area contributed by atoms with E-state index in [1.54, 1.807) is 0 Å². The lowest BCUT2D eigenvalue weighted by Crippen LogP contribution is -2.12. The van der Waals surface area contributed by atoms with Crippen molar-refractivity contribution in [2.45, 2.75) is 31.6 Å². The molecule has 0 saturated heterocycles. The van der Waals surface area contributed by atoms with Crippen LogP contribution in [0, 0.1) is 0 Å². The number of rotatable bonds is 3. The second kappa shape index (κ2) is 5.22. The molecule has 1 amide bonds. The van der Waals surface area contributed by atoms with Crippen LogP contribution in [0.15, 0.2) is 30.5 Å². The molecule has 2 aromatic rings. The van der Waals surface area contributed by atoms with Gasteiger partial charge in [-0.2, -0.15) is 15.4 Å². The molecule has 98 valence electrons. The van der Waals surface area contributed by atoms with Crippen LogP contribution in [-0.4, -0.2) is 21.3 Å². The van der Waals surface area contributed by atoms with Crippen LogP contribution in [0.1, 0.15) is 47.7 Å². The van der Waals surface area contributed by atoms with Crippen LogP contribution in [-0.2, 0) is 0 Å². The number of benzene rings is 1. The van der Waals surface area contributed by atoms with E-state index in [9.17, 15) is 4.79 Å². The molecule has 0 unspecified atom stereocenters. The lowest BCUT2D eigenvalue weighted by molar-refractivity contribution is 0.102. The Labute approximate surface area is 111 Å². The Morgan fingerprint density at radius 2 is 1.95 bits per heavy atom. The number of hydrogen-bond donors (Lipinski definition) is 2. The van der Waals surface area contributed by atoms with E-state index in [-0.39, 0.29) is 5.91 Å². The van der Waals surface area contributed by atoms with Gasteiger partial charge in [-0.15, -0.1) is 0 Å². The highest BCUT2D eigenvalue weighted by molar-refractivity contribution is 6.02. The summed E-state index contributed by atoms with van der Waals surface area (Å²) >= 11 is 0. The summed E-state index contributed by atoms with van der Waals surface area (Å²) in [5, 5.41) is 12.6. The molecule has 2 N–H and O–H groups in total. The number of nitrogens with zero attached hydrogens (tertiary/aromatic N) is 2. The zero-order chi connectivity index (χ0) is 13.1. The first-order chi connectivity index (χ1) is 9.33. The van der Waals surface area contributed by atoms with Crippen LogP contribution < -0.4 is 5.32 Å². The number of hydrogen-bond acceptors (Lipinski definition) is 3. The number of anilines is 1. The van der Waals surface area contributed by atoms with E-state index in [4.69, 9.17) is 0 Å². The molecular weight excluding hydrogens is 240 g/mol. The van der Waals surface area contributed by atoms with Crippen molar-refractivity contribution in [1.82, 2.24) is 15.4 Å². The topological polar surface area (TPSA) is 70.7 Å². The normalized spacial score (nSPS) is 15.6. The monoisotopic (exact) mass is 256 g/mol. The number of aromatic nitrogens is 3. The third-order valence-electron chi connectivity index (χ3n) is 3.64. The largest absolute Gasteiger partial charge is 0.321 e. The molecule has 1 saturated carbocycles. The summed E-state index contributed by atoms with van der Waals surface area (Å²) in [5.41, 5.74) is 2.45. The Hall–Kier alpha value is -2.17. The Bertz CT molecular complexity index is 541. The highest BCUT2D eigenvalue weighted by Crippen LogP contribution is 2.34. The molecule has 1 aromatic heterocycles. The first kappa shape index (κ1) is 11.9. The number of carbonyl (C=O) groups is 1. The summed E-state index contributed by atoms with van der Waals surface area (Å²) in [4.78, 5) is 11.8. The number of carbonyl (C=O) groups excluding carboxylic acids is 1. The third kappa shape index (κ3) is 2.65.